The van der Waals surface area contributed by atoms with Crippen molar-refractivity contribution < 1.29 is 9.47 Å². The summed E-state index contributed by atoms with van der Waals surface area (Å²) in [7, 11) is 1.63. The van der Waals surface area contributed by atoms with Gasteiger partial charge < -0.3 is 14.4 Å². The molecule has 2 aliphatic heterocycles. The third kappa shape index (κ3) is 4.25. The summed E-state index contributed by atoms with van der Waals surface area (Å²) in [6.45, 7) is 12.3. The highest BCUT2D eigenvalue weighted by molar-refractivity contribution is 5.61. The molecule has 3 atom stereocenters. The number of aryl methyl sites for hydroxylation is 1. The number of hydrogen-bond acceptors (Lipinski definition) is 8. The highest BCUT2D eigenvalue weighted by atomic mass is 16.6. The van der Waals surface area contributed by atoms with Crippen LogP contribution in [0.1, 0.15) is 57.5 Å². The van der Waals surface area contributed by atoms with Crippen molar-refractivity contribution in [1.82, 2.24) is 19.1 Å². The highest BCUT2D eigenvalue weighted by Gasteiger charge is 2.36. The summed E-state index contributed by atoms with van der Waals surface area (Å²) in [6.07, 6.45) is 0.126. The molecule has 4 heterocycles. The van der Waals surface area contributed by atoms with Crippen LogP contribution in [-0.2, 0) is 13.5 Å². The predicted octanol–water partition coefficient (Wildman–Crippen LogP) is 3.18. The Morgan fingerprint density at radius 3 is 2.63 bits per heavy atom. The zero-order valence-electron chi connectivity index (χ0n) is 22.7. The number of hydrogen-bond donors (Lipinski definition) is 0. The molecule has 38 heavy (non-hydrogen) atoms. The number of nitrogens with zero attached hydrogens (tertiary/aromatic N) is 7. The van der Waals surface area contributed by atoms with Crippen LogP contribution in [0.3, 0.4) is 0 Å². The van der Waals surface area contributed by atoms with Gasteiger partial charge in [-0.05, 0) is 52.3 Å². The van der Waals surface area contributed by atoms with E-state index >= 15 is 0 Å². The molecule has 1 fully saturated rings. The first-order valence-corrected chi connectivity index (χ1v) is 12.9. The lowest BCUT2D eigenvalue weighted by molar-refractivity contribution is 0.0209. The van der Waals surface area contributed by atoms with E-state index in [9.17, 15) is 15.3 Å². The molecule has 1 unspecified atom stereocenters. The molecule has 3 aromatic rings. The van der Waals surface area contributed by atoms with Crippen molar-refractivity contribution in [2.75, 3.05) is 24.6 Å². The lowest BCUT2D eigenvalue weighted by Crippen LogP contribution is -2.58. The van der Waals surface area contributed by atoms with Crippen molar-refractivity contribution in [2.24, 2.45) is 7.05 Å². The van der Waals surface area contributed by atoms with E-state index in [0.717, 1.165) is 23.6 Å². The number of benzene rings is 1. The second kappa shape index (κ2) is 9.38. The lowest BCUT2D eigenvalue weighted by atomic mass is 9.99. The van der Waals surface area contributed by atoms with Crippen LogP contribution in [0.4, 0.5) is 5.82 Å². The number of rotatable bonds is 4. The van der Waals surface area contributed by atoms with Crippen molar-refractivity contribution >= 4 is 11.5 Å². The van der Waals surface area contributed by atoms with Crippen LogP contribution in [0.2, 0.25) is 0 Å². The minimum Gasteiger partial charge on any atom is -0.486 e. The van der Waals surface area contributed by atoms with Crippen molar-refractivity contribution in [3.05, 3.63) is 51.4 Å². The van der Waals surface area contributed by atoms with Crippen LogP contribution in [0.5, 0.6) is 11.5 Å². The van der Waals surface area contributed by atoms with E-state index in [1.807, 2.05) is 19.9 Å². The highest BCUT2D eigenvalue weighted by Crippen LogP contribution is 2.39. The minimum absolute atomic E-state index is 0.00387. The fraction of sp³-hybridized carbons (Fsp3) is 0.500. The van der Waals surface area contributed by atoms with Gasteiger partial charge in [0.15, 0.2) is 22.9 Å². The summed E-state index contributed by atoms with van der Waals surface area (Å²) in [5, 5.41) is 23.8. The number of ether oxygens (including phenoxy) is 2. The third-order valence-corrected chi connectivity index (χ3v) is 7.61. The monoisotopic (exact) mass is 515 g/mol. The summed E-state index contributed by atoms with van der Waals surface area (Å²) in [6, 6.07) is 12.3. The first kappa shape index (κ1) is 25.6. The van der Waals surface area contributed by atoms with Crippen LogP contribution in [-0.4, -0.2) is 56.5 Å². The largest absolute Gasteiger partial charge is 0.486 e. The van der Waals surface area contributed by atoms with Crippen LogP contribution >= 0.6 is 0 Å². The van der Waals surface area contributed by atoms with E-state index in [-0.39, 0.29) is 41.3 Å². The maximum Gasteiger partial charge on any atom is 0.273 e. The molecule has 2 aliphatic rings. The van der Waals surface area contributed by atoms with Gasteiger partial charge in [-0.1, -0.05) is 6.07 Å². The van der Waals surface area contributed by atoms with Gasteiger partial charge in [0.25, 0.3) is 5.56 Å². The minimum atomic E-state index is -0.377. The van der Waals surface area contributed by atoms with E-state index in [1.54, 1.807) is 17.6 Å². The molecule has 0 amide bonds. The molecule has 1 aromatic carbocycles. The molecule has 2 aromatic heterocycles. The zero-order chi connectivity index (χ0) is 27.4. The second-order valence-corrected chi connectivity index (χ2v) is 11.0. The average Bonchev–Trinajstić information content (AvgIpc) is 3.30. The van der Waals surface area contributed by atoms with E-state index < -0.39 is 0 Å². The Morgan fingerprint density at radius 2 is 1.92 bits per heavy atom. The molecule has 0 N–H and O–H groups in total. The molecule has 198 valence electrons. The first-order valence-electron chi connectivity index (χ1n) is 12.9. The summed E-state index contributed by atoms with van der Waals surface area (Å²) >= 11 is 0. The molecular formula is C28H33N7O3. The average molecular weight is 516 g/mol. The summed E-state index contributed by atoms with van der Waals surface area (Å²) in [5.41, 5.74) is 1.57. The van der Waals surface area contributed by atoms with Crippen LogP contribution in [0.15, 0.2) is 29.1 Å². The Morgan fingerprint density at radius 1 is 1.16 bits per heavy atom. The molecule has 5 rings (SSSR count). The Balaban J connectivity index is 1.47. The molecule has 0 bridgehead atoms. The summed E-state index contributed by atoms with van der Waals surface area (Å²) < 4.78 is 15.1. The topological polar surface area (TPSA) is 112 Å². The van der Waals surface area contributed by atoms with Gasteiger partial charge in [-0.25, -0.2) is 0 Å². The van der Waals surface area contributed by atoms with E-state index in [0.29, 0.717) is 30.3 Å². The van der Waals surface area contributed by atoms with Crippen molar-refractivity contribution in [3.63, 3.8) is 0 Å². The Labute approximate surface area is 222 Å². The number of fused-ring (bicyclic) bond motifs is 2. The van der Waals surface area contributed by atoms with Gasteiger partial charge >= 0.3 is 0 Å². The van der Waals surface area contributed by atoms with Crippen LogP contribution in [0.25, 0.3) is 5.65 Å². The number of anilines is 1. The number of aromatic nitrogens is 3. The van der Waals surface area contributed by atoms with Gasteiger partial charge in [-0.3, -0.25) is 14.3 Å². The second-order valence-electron chi connectivity index (χ2n) is 11.0. The van der Waals surface area contributed by atoms with Crippen LogP contribution in [0, 0.1) is 22.7 Å². The molecular weight excluding hydrogens is 482 g/mol. The SMILES string of the molecule is CC(c1ccc2c(c1)OC(C)(C)CO2)N1C[C@H](C)N(c2c(C#N)c(=O)n(C)c3cc(CC#N)nn23)C[C@H]1C. The number of nitriles is 2. The Hall–Kier alpha value is -4.02. The fourth-order valence-corrected chi connectivity index (χ4v) is 5.56. The van der Waals surface area contributed by atoms with E-state index in [4.69, 9.17) is 9.47 Å². The van der Waals surface area contributed by atoms with Gasteiger partial charge in [0.05, 0.1) is 18.2 Å². The molecule has 10 heteroatoms. The van der Waals surface area contributed by atoms with Gasteiger partial charge in [-0.15, -0.1) is 0 Å². The van der Waals surface area contributed by atoms with Gasteiger partial charge in [0, 0.05) is 44.3 Å². The predicted molar refractivity (Wildman–Crippen MR) is 142 cm³/mol. The Kier molecular flexibility index (Phi) is 6.32. The molecule has 0 saturated carbocycles. The quantitative estimate of drug-likeness (QED) is 0.521. The molecule has 10 nitrogen and oxygen atoms in total. The van der Waals surface area contributed by atoms with Gasteiger partial charge in [0.1, 0.15) is 23.9 Å². The molecule has 0 aliphatic carbocycles. The standard InChI is InChI=1S/C28H33N7O3/c1-17-15-34(26-22(13-30)27(36)32(6)25-12-21(9-10-29)31-35(25)26)18(2)14-33(17)19(3)20-7-8-23-24(11-20)38-28(4,5)16-37-23/h7-8,11-12,17-19H,9,14-16H2,1-6H3/t17-,18+,19?/m1/s1. The zero-order valence-corrected chi connectivity index (χ0v) is 22.7. The van der Waals surface area contributed by atoms with E-state index in [1.165, 1.54) is 4.57 Å². The Bertz CT molecular complexity index is 1540. The smallest absolute Gasteiger partial charge is 0.273 e. The van der Waals surface area contributed by atoms with Crippen LogP contribution < -0.4 is 19.9 Å². The molecule has 0 spiro atoms. The van der Waals surface area contributed by atoms with Crippen molar-refractivity contribution in [3.8, 4) is 23.6 Å². The van der Waals surface area contributed by atoms with Crippen molar-refractivity contribution in [2.45, 2.75) is 64.8 Å². The maximum atomic E-state index is 13.1. The molecule has 0 radical (unpaired) electrons. The molecule has 1 saturated heterocycles. The summed E-state index contributed by atoms with van der Waals surface area (Å²) in [4.78, 5) is 17.7. The van der Waals surface area contributed by atoms with Gasteiger partial charge in [-0.2, -0.15) is 20.1 Å². The van der Waals surface area contributed by atoms with Gasteiger partial charge in [0.2, 0.25) is 0 Å². The summed E-state index contributed by atoms with van der Waals surface area (Å²) in [5.74, 6) is 2.01. The fourth-order valence-electron chi connectivity index (χ4n) is 5.56. The first-order chi connectivity index (χ1) is 18.0. The number of piperazine rings is 1. The lowest BCUT2D eigenvalue weighted by Gasteiger charge is -2.47. The maximum absolute atomic E-state index is 13.1. The van der Waals surface area contributed by atoms with E-state index in [2.05, 4.69) is 59.9 Å². The van der Waals surface area contributed by atoms with Crippen molar-refractivity contribution in [1.29, 1.82) is 10.5 Å². The third-order valence-electron chi connectivity index (χ3n) is 7.61. The normalized spacial score (nSPS) is 21.6.